The van der Waals surface area contributed by atoms with Crippen LogP contribution >= 0.6 is 0 Å². The van der Waals surface area contributed by atoms with E-state index in [1.807, 2.05) is 0 Å². The second kappa shape index (κ2) is 2.28. The lowest BCUT2D eigenvalue weighted by molar-refractivity contribution is 0.457. The van der Waals surface area contributed by atoms with E-state index in [1.165, 1.54) is 12.8 Å². The first-order valence-corrected chi connectivity index (χ1v) is 5.20. The van der Waals surface area contributed by atoms with Gasteiger partial charge in [0.05, 0.1) is 11.9 Å². The quantitative estimate of drug-likeness (QED) is 0.513. The van der Waals surface area contributed by atoms with Crippen molar-refractivity contribution in [2.45, 2.75) is 46.6 Å². The van der Waals surface area contributed by atoms with Crippen molar-refractivity contribution in [2.75, 3.05) is 0 Å². The van der Waals surface area contributed by atoms with Crippen LogP contribution in [0.2, 0.25) is 0 Å². The van der Waals surface area contributed by atoms with E-state index in [-0.39, 0.29) is 0 Å². The lowest BCUT2D eigenvalue weighted by Crippen LogP contribution is -2.16. The summed E-state index contributed by atoms with van der Waals surface area (Å²) in [5.74, 6) is 1.52. The Hall–Kier alpha value is -0.530. The van der Waals surface area contributed by atoms with Gasteiger partial charge >= 0.3 is 0 Å². The van der Waals surface area contributed by atoms with Crippen LogP contribution in [0.4, 0.5) is 0 Å². The molecular formula is C11H20N2. The van der Waals surface area contributed by atoms with Crippen molar-refractivity contribution in [2.24, 2.45) is 27.5 Å². The second-order valence-corrected chi connectivity index (χ2v) is 5.67. The zero-order valence-corrected chi connectivity index (χ0v) is 9.09. The van der Waals surface area contributed by atoms with Crippen molar-refractivity contribution < 1.29 is 0 Å². The fraction of sp³-hybridized carbons (Fsp3) is 0.909. The summed E-state index contributed by atoms with van der Waals surface area (Å²) in [5, 5.41) is 0. The largest absolute Gasteiger partial charge is 0.387 e. The minimum absolute atomic E-state index is 0.340. The Kier molecular flexibility index (Phi) is 1.59. The monoisotopic (exact) mass is 180 g/mol. The Bertz CT molecular complexity index is 245. The van der Waals surface area contributed by atoms with E-state index in [0.29, 0.717) is 22.8 Å². The first-order valence-electron chi connectivity index (χ1n) is 5.20. The van der Waals surface area contributed by atoms with Gasteiger partial charge in [-0.2, -0.15) is 0 Å². The Morgan fingerprint density at radius 3 is 1.92 bits per heavy atom. The highest BCUT2D eigenvalue weighted by Crippen LogP contribution is 2.64. The van der Waals surface area contributed by atoms with E-state index < -0.39 is 0 Å². The third kappa shape index (κ3) is 1.18. The topological polar surface area (TPSA) is 38.4 Å². The van der Waals surface area contributed by atoms with Crippen molar-refractivity contribution in [3.8, 4) is 0 Å². The van der Waals surface area contributed by atoms with Crippen molar-refractivity contribution in [1.29, 1.82) is 0 Å². The summed E-state index contributed by atoms with van der Waals surface area (Å²) >= 11 is 0. The predicted molar refractivity (Wildman–Crippen MR) is 55.7 cm³/mol. The summed E-state index contributed by atoms with van der Waals surface area (Å²) in [6.45, 7) is 9.12. The summed E-state index contributed by atoms with van der Waals surface area (Å²) in [6.07, 6.45) is 2.51. The van der Waals surface area contributed by atoms with E-state index in [1.54, 1.807) is 0 Å². The van der Waals surface area contributed by atoms with Crippen LogP contribution < -0.4 is 5.73 Å². The molecule has 0 aromatic carbocycles. The molecule has 0 aromatic heterocycles. The predicted octanol–water partition coefficient (Wildman–Crippen LogP) is 2.19. The van der Waals surface area contributed by atoms with E-state index in [2.05, 4.69) is 32.7 Å². The molecule has 0 amide bonds. The Balaban J connectivity index is 2.08. The molecule has 2 rings (SSSR count). The van der Waals surface area contributed by atoms with Gasteiger partial charge in [-0.3, -0.25) is 4.99 Å². The summed E-state index contributed by atoms with van der Waals surface area (Å²) in [5.41, 5.74) is 6.59. The smallest absolute Gasteiger partial charge is 0.0972 e. The van der Waals surface area contributed by atoms with Crippen LogP contribution in [0.15, 0.2) is 4.99 Å². The van der Waals surface area contributed by atoms with Gasteiger partial charge in [0, 0.05) is 5.92 Å². The molecule has 2 heteroatoms. The molecule has 2 saturated carbocycles. The van der Waals surface area contributed by atoms with E-state index in [4.69, 9.17) is 5.73 Å². The molecule has 0 radical (unpaired) electrons. The summed E-state index contributed by atoms with van der Waals surface area (Å²) < 4.78 is 0. The lowest BCUT2D eigenvalue weighted by atomic mass is 10.0. The van der Waals surface area contributed by atoms with Gasteiger partial charge in [-0.25, -0.2) is 0 Å². The van der Waals surface area contributed by atoms with Crippen molar-refractivity contribution >= 4 is 5.84 Å². The molecule has 0 bridgehead atoms. The van der Waals surface area contributed by atoms with E-state index in [0.717, 1.165) is 5.84 Å². The number of rotatable bonds is 2. The molecule has 2 nitrogen and oxygen atoms in total. The van der Waals surface area contributed by atoms with Gasteiger partial charge in [0.25, 0.3) is 0 Å². The first kappa shape index (κ1) is 9.04. The molecular weight excluding hydrogens is 160 g/mol. The van der Waals surface area contributed by atoms with Gasteiger partial charge in [0.15, 0.2) is 0 Å². The molecule has 0 atom stereocenters. The number of hydrogen-bond donors (Lipinski definition) is 1. The highest BCUT2D eigenvalue weighted by molar-refractivity contribution is 5.85. The zero-order valence-electron chi connectivity index (χ0n) is 9.09. The fourth-order valence-electron chi connectivity index (χ4n) is 2.12. The fourth-order valence-corrected chi connectivity index (χ4v) is 2.12. The third-order valence-electron chi connectivity index (χ3n) is 4.22. The molecule has 2 fully saturated rings. The van der Waals surface area contributed by atoms with E-state index in [9.17, 15) is 0 Å². The number of amidine groups is 1. The molecule has 13 heavy (non-hydrogen) atoms. The SMILES string of the molecule is CC1(C)C(N=C(N)C2CC2)C1(C)C. The van der Waals surface area contributed by atoms with Crippen LogP contribution in [0.25, 0.3) is 0 Å². The number of nitrogens with two attached hydrogens (primary N) is 1. The maximum atomic E-state index is 5.91. The summed E-state index contributed by atoms with van der Waals surface area (Å²) in [6, 6.07) is 0.445. The molecule has 0 unspecified atom stereocenters. The minimum Gasteiger partial charge on any atom is -0.387 e. The summed E-state index contributed by atoms with van der Waals surface area (Å²) in [7, 11) is 0. The van der Waals surface area contributed by atoms with Crippen molar-refractivity contribution in [3.05, 3.63) is 0 Å². The standard InChI is InChI=1S/C11H20N2/c1-10(2)9(11(10,3)4)13-8(12)7-5-6-7/h7,9H,5-6H2,1-4H3,(H2,12,13). The van der Waals surface area contributed by atoms with Gasteiger partial charge < -0.3 is 5.73 Å². The normalized spacial score (nSPS) is 31.8. The van der Waals surface area contributed by atoms with Crippen molar-refractivity contribution in [3.63, 3.8) is 0 Å². The molecule has 0 spiro atoms. The highest BCUT2D eigenvalue weighted by atomic mass is 15.0. The molecule has 2 aliphatic rings. The Morgan fingerprint density at radius 1 is 1.15 bits per heavy atom. The molecule has 0 saturated heterocycles. The molecule has 2 aliphatic carbocycles. The third-order valence-corrected chi connectivity index (χ3v) is 4.22. The van der Waals surface area contributed by atoms with Gasteiger partial charge in [-0.05, 0) is 23.7 Å². The average Bonchev–Trinajstić information content (AvgIpc) is 2.86. The van der Waals surface area contributed by atoms with Crippen molar-refractivity contribution in [1.82, 2.24) is 0 Å². The highest BCUT2D eigenvalue weighted by Gasteiger charge is 2.65. The number of hydrogen-bond acceptors (Lipinski definition) is 1. The average molecular weight is 180 g/mol. The molecule has 74 valence electrons. The second-order valence-electron chi connectivity index (χ2n) is 5.67. The molecule has 2 N–H and O–H groups in total. The van der Waals surface area contributed by atoms with Crippen LogP contribution in [-0.4, -0.2) is 11.9 Å². The lowest BCUT2D eigenvalue weighted by Gasteiger charge is -2.02. The maximum Gasteiger partial charge on any atom is 0.0972 e. The Morgan fingerprint density at radius 2 is 1.62 bits per heavy atom. The molecule has 0 heterocycles. The van der Waals surface area contributed by atoms with Gasteiger partial charge in [0.2, 0.25) is 0 Å². The first-order chi connectivity index (χ1) is 5.87. The zero-order chi connectivity index (χ0) is 9.85. The van der Waals surface area contributed by atoms with Crippen LogP contribution in [0.1, 0.15) is 40.5 Å². The molecule has 0 aromatic rings. The van der Waals surface area contributed by atoms with Crippen LogP contribution in [0.3, 0.4) is 0 Å². The van der Waals surface area contributed by atoms with Crippen LogP contribution in [0.5, 0.6) is 0 Å². The van der Waals surface area contributed by atoms with Crippen LogP contribution in [-0.2, 0) is 0 Å². The maximum absolute atomic E-state index is 5.91. The number of nitrogens with zero attached hydrogens (tertiary/aromatic N) is 1. The molecule has 0 aliphatic heterocycles. The van der Waals surface area contributed by atoms with Gasteiger partial charge in [-0.1, -0.05) is 27.7 Å². The number of aliphatic imine (C=N–C) groups is 1. The van der Waals surface area contributed by atoms with Gasteiger partial charge in [0.1, 0.15) is 0 Å². The minimum atomic E-state index is 0.340. The van der Waals surface area contributed by atoms with E-state index >= 15 is 0 Å². The van der Waals surface area contributed by atoms with Gasteiger partial charge in [-0.15, -0.1) is 0 Å². The van der Waals surface area contributed by atoms with Crippen LogP contribution in [0, 0.1) is 16.7 Å². The summed E-state index contributed by atoms with van der Waals surface area (Å²) in [4.78, 5) is 4.65. The Labute approximate surface area is 80.6 Å².